The number of anilines is 1. The minimum Gasteiger partial charge on any atom is -0.288 e. The molecule has 3 heterocycles. The molecule has 1 N–H and O–H groups in total. The van der Waals surface area contributed by atoms with E-state index in [4.69, 9.17) is 11.6 Å². The van der Waals surface area contributed by atoms with Gasteiger partial charge in [0.2, 0.25) is 5.95 Å². The fourth-order valence-electron chi connectivity index (χ4n) is 2.05. The molecule has 1 amide bonds. The van der Waals surface area contributed by atoms with E-state index >= 15 is 0 Å². The Balaban J connectivity index is 1.83. The molecule has 0 saturated carbocycles. The van der Waals surface area contributed by atoms with Crippen molar-refractivity contribution >= 4 is 40.4 Å². The van der Waals surface area contributed by atoms with E-state index in [-0.39, 0.29) is 11.9 Å². The van der Waals surface area contributed by atoms with E-state index < -0.39 is 0 Å². The predicted molar refractivity (Wildman–Crippen MR) is 86.8 cm³/mol. The Morgan fingerprint density at radius 3 is 3.00 bits per heavy atom. The molecule has 0 atom stereocenters. The van der Waals surface area contributed by atoms with Crippen molar-refractivity contribution in [2.45, 2.75) is 26.7 Å². The third kappa shape index (κ3) is 2.95. The van der Waals surface area contributed by atoms with Gasteiger partial charge in [0.25, 0.3) is 5.91 Å². The van der Waals surface area contributed by atoms with Crippen molar-refractivity contribution in [2.24, 2.45) is 0 Å². The second kappa shape index (κ2) is 6.02. The second-order valence-electron chi connectivity index (χ2n) is 4.81. The highest BCUT2D eigenvalue weighted by atomic mass is 35.5. The summed E-state index contributed by atoms with van der Waals surface area (Å²) in [4.78, 5) is 21.6. The highest BCUT2D eigenvalue weighted by Crippen LogP contribution is 2.20. The van der Waals surface area contributed by atoms with Gasteiger partial charge in [-0.05, 0) is 31.9 Å². The third-order valence-electron chi connectivity index (χ3n) is 3.03. The summed E-state index contributed by atoms with van der Waals surface area (Å²) in [6, 6.07) is 3.46. The normalized spacial score (nSPS) is 11.0. The van der Waals surface area contributed by atoms with Crippen LogP contribution in [0.5, 0.6) is 0 Å². The number of pyridine rings is 1. The number of hydrogen-bond acceptors (Lipinski definition) is 5. The molecule has 22 heavy (non-hydrogen) atoms. The van der Waals surface area contributed by atoms with Gasteiger partial charge in [0.05, 0.1) is 15.7 Å². The van der Waals surface area contributed by atoms with Crippen LogP contribution in [0.4, 0.5) is 5.95 Å². The minimum atomic E-state index is -0.237. The maximum Gasteiger partial charge on any atom is 0.270 e. The maximum absolute atomic E-state index is 12.3. The molecule has 0 aliphatic heterocycles. The molecule has 3 aromatic heterocycles. The molecular formula is C14H14ClN5OS. The van der Waals surface area contributed by atoms with Crippen LogP contribution in [-0.4, -0.2) is 25.5 Å². The zero-order valence-corrected chi connectivity index (χ0v) is 13.7. The minimum absolute atomic E-state index is 0.237. The molecule has 0 radical (unpaired) electrons. The Hall–Kier alpha value is -1.99. The molecule has 0 bridgehead atoms. The lowest BCUT2D eigenvalue weighted by molar-refractivity contribution is 0.102. The van der Waals surface area contributed by atoms with Crippen LogP contribution in [0, 0.1) is 6.92 Å². The van der Waals surface area contributed by atoms with Gasteiger partial charge in [0, 0.05) is 6.20 Å². The van der Waals surface area contributed by atoms with Gasteiger partial charge in [-0.1, -0.05) is 18.5 Å². The van der Waals surface area contributed by atoms with Crippen molar-refractivity contribution in [3.8, 4) is 0 Å². The first-order valence-electron chi connectivity index (χ1n) is 6.86. The molecule has 0 fully saturated rings. The first kappa shape index (κ1) is 14.9. The number of nitrogens with one attached hydrogen (secondary N) is 1. The fraction of sp³-hybridized carbons (Fsp3) is 0.286. The largest absolute Gasteiger partial charge is 0.288 e. The molecule has 8 heteroatoms. The average molecular weight is 336 g/mol. The summed E-state index contributed by atoms with van der Waals surface area (Å²) in [7, 11) is 0. The number of aryl methyl sites for hydroxylation is 2. The van der Waals surface area contributed by atoms with Crippen LogP contribution in [0.3, 0.4) is 0 Å². The van der Waals surface area contributed by atoms with E-state index in [9.17, 15) is 4.79 Å². The van der Waals surface area contributed by atoms with Crippen LogP contribution >= 0.6 is 22.9 Å². The van der Waals surface area contributed by atoms with Crippen LogP contribution in [0.15, 0.2) is 18.3 Å². The lowest BCUT2D eigenvalue weighted by Gasteiger charge is -1.97. The van der Waals surface area contributed by atoms with Gasteiger partial charge in [-0.3, -0.25) is 10.1 Å². The van der Waals surface area contributed by atoms with Crippen molar-refractivity contribution in [1.29, 1.82) is 0 Å². The molecule has 0 spiro atoms. The zero-order valence-electron chi connectivity index (χ0n) is 12.1. The fourth-order valence-corrected chi connectivity index (χ4v) is 3.27. The third-order valence-corrected chi connectivity index (χ3v) is 4.47. The van der Waals surface area contributed by atoms with Gasteiger partial charge < -0.3 is 0 Å². The van der Waals surface area contributed by atoms with E-state index in [1.165, 1.54) is 15.9 Å². The van der Waals surface area contributed by atoms with Crippen LogP contribution in [-0.2, 0) is 6.42 Å². The summed E-state index contributed by atoms with van der Waals surface area (Å²) in [5.41, 5.74) is 1.35. The molecule has 0 aliphatic carbocycles. The van der Waals surface area contributed by atoms with Gasteiger partial charge in [0.15, 0.2) is 5.65 Å². The van der Waals surface area contributed by atoms with Crippen molar-refractivity contribution in [3.63, 3.8) is 0 Å². The van der Waals surface area contributed by atoms with E-state index in [0.717, 1.165) is 23.5 Å². The average Bonchev–Trinajstić information content (AvgIpc) is 3.01. The smallest absolute Gasteiger partial charge is 0.270 e. The first-order chi connectivity index (χ1) is 10.6. The number of fused-ring (bicyclic) bond motifs is 1. The summed E-state index contributed by atoms with van der Waals surface area (Å²) in [5.74, 6) is 0.0106. The lowest BCUT2D eigenvalue weighted by Crippen LogP contribution is -2.12. The molecule has 3 aromatic rings. The van der Waals surface area contributed by atoms with E-state index in [1.807, 2.05) is 6.92 Å². The summed E-state index contributed by atoms with van der Waals surface area (Å²) in [6.45, 7) is 3.92. The number of nitrogens with zero attached hydrogens (tertiary/aromatic N) is 4. The maximum atomic E-state index is 12.3. The van der Waals surface area contributed by atoms with Gasteiger partial charge in [-0.2, -0.15) is 4.98 Å². The quantitative estimate of drug-likeness (QED) is 0.793. The Labute approximate surface area is 136 Å². The topological polar surface area (TPSA) is 72.2 Å². The standard InChI is InChI=1S/C14H14ClN5OS/c1-3-4-11-16-8(2)12(22-11)13(21)18-14-17-10-6-5-9(15)7-20(10)19-14/h5-7H,3-4H2,1-2H3,(H,18,19,21). The Morgan fingerprint density at radius 1 is 1.41 bits per heavy atom. The van der Waals surface area contributed by atoms with E-state index in [1.54, 1.807) is 18.3 Å². The lowest BCUT2D eigenvalue weighted by atomic mass is 10.3. The SMILES string of the molecule is CCCc1nc(C)c(C(=O)Nc2nc3ccc(Cl)cn3n2)s1. The Morgan fingerprint density at radius 2 is 2.23 bits per heavy atom. The predicted octanol–water partition coefficient (Wildman–Crippen LogP) is 3.35. The van der Waals surface area contributed by atoms with Gasteiger partial charge in [-0.15, -0.1) is 16.4 Å². The summed E-state index contributed by atoms with van der Waals surface area (Å²) < 4.78 is 1.53. The molecule has 0 unspecified atom stereocenters. The number of thiazole rings is 1. The van der Waals surface area contributed by atoms with Crippen LogP contribution in [0.1, 0.15) is 33.7 Å². The van der Waals surface area contributed by atoms with E-state index in [0.29, 0.717) is 15.5 Å². The monoisotopic (exact) mass is 335 g/mol. The molecular weight excluding hydrogens is 322 g/mol. The second-order valence-corrected chi connectivity index (χ2v) is 6.33. The van der Waals surface area contributed by atoms with E-state index in [2.05, 4.69) is 27.3 Å². The van der Waals surface area contributed by atoms with Gasteiger partial charge >= 0.3 is 0 Å². The Bertz CT molecular complexity index is 841. The van der Waals surface area contributed by atoms with Gasteiger partial charge in [0.1, 0.15) is 4.88 Å². The summed E-state index contributed by atoms with van der Waals surface area (Å²) in [6.07, 6.45) is 3.52. The number of carbonyl (C=O) groups excluding carboxylic acids is 1. The number of carbonyl (C=O) groups is 1. The number of aromatic nitrogens is 4. The highest BCUT2D eigenvalue weighted by molar-refractivity contribution is 7.13. The van der Waals surface area contributed by atoms with Crippen LogP contribution < -0.4 is 5.32 Å². The summed E-state index contributed by atoms with van der Waals surface area (Å²) in [5, 5.41) is 8.42. The number of hydrogen-bond donors (Lipinski definition) is 1. The van der Waals surface area contributed by atoms with Crippen LogP contribution in [0.25, 0.3) is 5.65 Å². The summed E-state index contributed by atoms with van der Waals surface area (Å²) >= 11 is 7.31. The molecule has 0 aromatic carbocycles. The number of halogens is 1. The highest BCUT2D eigenvalue weighted by Gasteiger charge is 2.17. The molecule has 6 nitrogen and oxygen atoms in total. The molecule has 3 rings (SSSR count). The van der Waals surface area contributed by atoms with Crippen molar-refractivity contribution in [1.82, 2.24) is 19.6 Å². The molecule has 114 valence electrons. The van der Waals surface area contributed by atoms with Crippen LogP contribution in [0.2, 0.25) is 5.02 Å². The molecule has 0 saturated heterocycles. The van der Waals surface area contributed by atoms with Crippen molar-refractivity contribution in [3.05, 3.63) is 38.9 Å². The van der Waals surface area contributed by atoms with Crippen molar-refractivity contribution in [2.75, 3.05) is 5.32 Å². The number of rotatable bonds is 4. The Kier molecular flexibility index (Phi) is 4.08. The van der Waals surface area contributed by atoms with Gasteiger partial charge in [-0.25, -0.2) is 9.50 Å². The number of amides is 1. The zero-order chi connectivity index (χ0) is 15.7. The van der Waals surface area contributed by atoms with Crippen molar-refractivity contribution < 1.29 is 4.79 Å². The molecule has 0 aliphatic rings. The first-order valence-corrected chi connectivity index (χ1v) is 8.06.